The van der Waals surface area contributed by atoms with Crippen molar-refractivity contribution in [3.05, 3.63) is 46.6 Å². The maximum absolute atomic E-state index is 13.7. The first-order chi connectivity index (χ1) is 7.59. The minimum absolute atomic E-state index is 0.0698. The summed E-state index contributed by atoms with van der Waals surface area (Å²) in [4.78, 5) is 0.986. The van der Waals surface area contributed by atoms with Crippen molar-refractivity contribution >= 4 is 11.3 Å². The zero-order chi connectivity index (χ0) is 11.7. The minimum atomic E-state index is -0.185. The third-order valence-electron chi connectivity index (χ3n) is 2.62. The van der Waals surface area contributed by atoms with E-state index in [-0.39, 0.29) is 11.9 Å². The molecular weight excluding hydrogens is 221 g/mol. The van der Waals surface area contributed by atoms with Crippen LogP contribution in [0.3, 0.4) is 0 Å². The van der Waals surface area contributed by atoms with Gasteiger partial charge in [-0.25, -0.2) is 4.39 Å². The van der Waals surface area contributed by atoms with E-state index >= 15 is 0 Å². The molecule has 1 nitrogen and oxygen atoms in total. The highest BCUT2D eigenvalue weighted by atomic mass is 32.1. The summed E-state index contributed by atoms with van der Waals surface area (Å²) in [6.45, 7) is 3.89. The Kier molecular flexibility index (Phi) is 3.08. The van der Waals surface area contributed by atoms with Crippen LogP contribution in [0.2, 0.25) is 0 Å². The van der Waals surface area contributed by atoms with E-state index in [0.29, 0.717) is 5.56 Å². The lowest BCUT2D eigenvalue weighted by atomic mass is 10.0. The van der Waals surface area contributed by atoms with Crippen molar-refractivity contribution in [2.24, 2.45) is 5.73 Å². The van der Waals surface area contributed by atoms with Gasteiger partial charge in [0.05, 0.1) is 0 Å². The number of rotatable bonds is 2. The van der Waals surface area contributed by atoms with Gasteiger partial charge in [-0.15, -0.1) is 11.3 Å². The highest BCUT2D eigenvalue weighted by molar-refractivity contribution is 7.13. The molecular formula is C13H14FNS. The third-order valence-corrected chi connectivity index (χ3v) is 3.67. The Morgan fingerprint density at radius 1 is 1.31 bits per heavy atom. The van der Waals surface area contributed by atoms with Gasteiger partial charge in [0.25, 0.3) is 0 Å². The van der Waals surface area contributed by atoms with Crippen molar-refractivity contribution in [1.29, 1.82) is 0 Å². The molecule has 0 fully saturated rings. The number of hydrogen-bond donors (Lipinski definition) is 1. The van der Waals surface area contributed by atoms with E-state index in [9.17, 15) is 4.39 Å². The molecule has 0 saturated carbocycles. The number of hydrogen-bond acceptors (Lipinski definition) is 2. The zero-order valence-corrected chi connectivity index (χ0v) is 10.1. The average molecular weight is 235 g/mol. The van der Waals surface area contributed by atoms with Crippen LogP contribution in [0, 0.1) is 12.7 Å². The van der Waals surface area contributed by atoms with Gasteiger partial charge in [0, 0.05) is 16.5 Å². The minimum Gasteiger partial charge on any atom is -0.324 e. The van der Waals surface area contributed by atoms with Crippen LogP contribution >= 0.6 is 11.3 Å². The summed E-state index contributed by atoms with van der Waals surface area (Å²) in [5, 5.41) is 1.97. The van der Waals surface area contributed by atoms with Crippen LogP contribution in [0.5, 0.6) is 0 Å². The Hall–Kier alpha value is -1.19. The van der Waals surface area contributed by atoms with Crippen LogP contribution in [-0.2, 0) is 0 Å². The summed E-state index contributed by atoms with van der Waals surface area (Å²) in [7, 11) is 0. The molecule has 2 rings (SSSR count). The number of benzene rings is 1. The van der Waals surface area contributed by atoms with Crippen LogP contribution in [0.4, 0.5) is 4.39 Å². The van der Waals surface area contributed by atoms with Crippen LogP contribution in [0.15, 0.2) is 29.6 Å². The van der Waals surface area contributed by atoms with Gasteiger partial charge in [-0.1, -0.05) is 6.07 Å². The number of nitrogens with two attached hydrogens (primary N) is 1. The lowest BCUT2D eigenvalue weighted by molar-refractivity contribution is 0.630. The summed E-state index contributed by atoms with van der Waals surface area (Å²) < 4.78 is 13.7. The van der Waals surface area contributed by atoms with E-state index in [0.717, 1.165) is 16.0 Å². The molecule has 2 N–H and O–H groups in total. The van der Waals surface area contributed by atoms with E-state index in [2.05, 4.69) is 0 Å². The summed E-state index contributed by atoms with van der Waals surface area (Å²) in [5.74, 6) is -0.185. The fraction of sp³-hybridized carbons (Fsp3) is 0.231. The van der Waals surface area contributed by atoms with Gasteiger partial charge in [0.2, 0.25) is 0 Å². The Bertz CT molecular complexity index is 502. The Labute approximate surface area is 98.7 Å². The molecule has 0 aliphatic carbocycles. The Balaban J connectivity index is 2.56. The zero-order valence-electron chi connectivity index (χ0n) is 9.33. The van der Waals surface area contributed by atoms with Gasteiger partial charge in [-0.05, 0) is 48.6 Å². The number of thiophene rings is 1. The normalized spacial score (nSPS) is 12.8. The molecule has 0 amide bonds. The van der Waals surface area contributed by atoms with E-state index in [1.165, 1.54) is 6.07 Å². The van der Waals surface area contributed by atoms with Gasteiger partial charge in [0.1, 0.15) is 5.82 Å². The second-order valence-electron chi connectivity index (χ2n) is 3.96. The maximum Gasteiger partial charge on any atom is 0.131 e. The second kappa shape index (κ2) is 4.36. The smallest absolute Gasteiger partial charge is 0.131 e. The lowest BCUT2D eigenvalue weighted by Crippen LogP contribution is -2.05. The largest absolute Gasteiger partial charge is 0.324 e. The summed E-state index contributed by atoms with van der Waals surface area (Å²) in [6, 6.07) is 7.01. The maximum atomic E-state index is 13.7. The first kappa shape index (κ1) is 11.3. The third kappa shape index (κ3) is 2.01. The summed E-state index contributed by atoms with van der Waals surface area (Å²) in [5.41, 5.74) is 8.52. The first-order valence-corrected chi connectivity index (χ1v) is 6.07. The summed E-state index contributed by atoms with van der Waals surface area (Å²) >= 11 is 1.56. The van der Waals surface area contributed by atoms with E-state index in [4.69, 9.17) is 5.73 Å². The van der Waals surface area contributed by atoms with Crippen molar-refractivity contribution in [2.45, 2.75) is 19.9 Å². The van der Waals surface area contributed by atoms with Crippen molar-refractivity contribution in [1.82, 2.24) is 0 Å². The van der Waals surface area contributed by atoms with Crippen LogP contribution in [0.1, 0.15) is 24.1 Å². The monoisotopic (exact) mass is 235 g/mol. The van der Waals surface area contributed by atoms with Crippen molar-refractivity contribution in [3.8, 4) is 10.4 Å². The van der Waals surface area contributed by atoms with Gasteiger partial charge >= 0.3 is 0 Å². The quantitative estimate of drug-likeness (QED) is 0.839. The molecule has 1 atom stereocenters. The van der Waals surface area contributed by atoms with Crippen LogP contribution in [0.25, 0.3) is 10.4 Å². The second-order valence-corrected chi connectivity index (χ2v) is 4.88. The fourth-order valence-corrected chi connectivity index (χ4v) is 2.59. The van der Waals surface area contributed by atoms with Gasteiger partial charge < -0.3 is 5.73 Å². The van der Waals surface area contributed by atoms with Crippen molar-refractivity contribution in [3.63, 3.8) is 0 Å². The van der Waals surface area contributed by atoms with E-state index in [1.807, 2.05) is 31.4 Å². The standard InChI is InChI=1S/C13H14FNS/c1-8-5-6-16-13(8)11-7-10(9(2)15)3-4-12(11)14/h3-7,9H,15H2,1-2H3. The highest BCUT2D eigenvalue weighted by Crippen LogP contribution is 2.32. The highest BCUT2D eigenvalue weighted by Gasteiger charge is 2.11. The molecule has 1 heterocycles. The molecule has 0 saturated heterocycles. The van der Waals surface area contributed by atoms with Crippen molar-refractivity contribution < 1.29 is 4.39 Å². The average Bonchev–Trinajstić information content (AvgIpc) is 2.65. The molecule has 1 aromatic heterocycles. The Morgan fingerprint density at radius 3 is 2.62 bits per heavy atom. The van der Waals surface area contributed by atoms with Gasteiger partial charge in [-0.3, -0.25) is 0 Å². The fourth-order valence-electron chi connectivity index (χ4n) is 1.65. The number of halogens is 1. The SMILES string of the molecule is Cc1ccsc1-c1cc(C(C)N)ccc1F. The first-order valence-electron chi connectivity index (χ1n) is 5.19. The number of aryl methyl sites for hydroxylation is 1. The molecule has 3 heteroatoms. The molecule has 2 aromatic rings. The van der Waals surface area contributed by atoms with Crippen LogP contribution in [-0.4, -0.2) is 0 Å². The predicted molar refractivity (Wildman–Crippen MR) is 67.1 cm³/mol. The lowest BCUT2D eigenvalue weighted by Gasteiger charge is -2.09. The molecule has 0 aliphatic heterocycles. The molecule has 16 heavy (non-hydrogen) atoms. The molecule has 0 bridgehead atoms. The molecule has 0 spiro atoms. The molecule has 1 unspecified atom stereocenters. The van der Waals surface area contributed by atoms with Gasteiger partial charge in [0.15, 0.2) is 0 Å². The summed E-state index contributed by atoms with van der Waals surface area (Å²) in [6.07, 6.45) is 0. The molecule has 0 aliphatic rings. The van der Waals surface area contributed by atoms with E-state index in [1.54, 1.807) is 17.4 Å². The molecule has 0 radical (unpaired) electrons. The van der Waals surface area contributed by atoms with Crippen molar-refractivity contribution in [2.75, 3.05) is 0 Å². The van der Waals surface area contributed by atoms with Crippen LogP contribution < -0.4 is 5.73 Å². The van der Waals surface area contributed by atoms with E-state index < -0.39 is 0 Å². The van der Waals surface area contributed by atoms with Gasteiger partial charge in [-0.2, -0.15) is 0 Å². The molecule has 84 valence electrons. The predicted octanol–water partition coefficient (Wildman–Crippen LogP) is 3.88. The molecule has 1 aromatic carbocycles. The Morgan fingerprint density at radius 2 is 2.06 bits per heavy atom. The topological polar surface area (TPSA) is 26.0 Å².